The van der Waals surface area contributed by atoms with Crippen LogP contribution in [0.3, 0.4) is 0 Å². The van der Waals surface area contributed by atoms with Gasteiger partial charge in [-0.15, -0.1) is 0 Å². The second kappa shape index (κ2) is 8.74. The smallest absolute Gasteiger partial charge is 0.326 e. The van der Waals surface area contributed by atoms with Gasteiger partial charge < -0.3 is 15.0 Å². The van der Waals surface area contributed by atoms with Crippen LogP contribution in [0, 0.1) is 11.8 Å². The number of nitrogens with one attached hydrogen (secondary N) is 1. The van der Waals surface area contributed by atoms with E-state index in [0.29, 0.717) is 18.4 Å². The number of carbonyl (C=O) groups is 1. The molecule has 1 fully saturated rings. The van der Waals surface area contributed by atoms with Crippen molar-refractivity contribution in [3.05, 3.63) is 0 Å². The molecular formula is C17H34N2O2. The molecule has 21 heavy (non-hydrogen) atoms. The molecule has 4 nitrogen and oxygen atoms in total. The van der Waals surface area contributed by atoms with Crippen molar-refractivity contribution in [2.24, 2.45) is 11.8 Å². The third kappa shape index (κ3) is 4.96. The third-order valence-corrected chi connectivity index (χ3v) is 5.12. The molecule has 0 aromatic carbocycles. The Balaban J connectivity index is 2.67. The van der Waals surface area contributed by atoms with Crippen LogP contribution < -0.4 is 5.32 Å². The van der Waals surface area contributed by atoms with Gasteiger partial charge in [0, 0.05) is 13.1 Å². The monoisotopic (exact) mass is 298 g/mol. The SMILES string of the molecule is CCOC(=O)C1(NCCN(CC)CC)CCC(C)C(C)C1. The van der Waals surface area contributed by atoms with Gasteiger partial charge in [-0.05, 0) is 51.1 Å². The standard InChI is InChI=1S/C17H34N2O2/c1-6-19(7-2)12-11-18-17(16(20)21-8-3)10-9-14(4)15(5)13-17/h14-15,18H,6-13H2,1-5H3. The minimum atomic E-state index is -0.463. The minimum Gasteiger partial charge on any atom is -0.465 e. The first-order valence-electron chi connectivity index (χ1n) is 8.63. The van der Waals surface area contributed by atoms with E-state index >= 15 is 0 Å². The zero-order valence-corrected chi connectivity index (χ0v) is 14.6. The average Bonchev–Trinajstić information content (AvgIpc) is 2.47. The molecule has 3 unspecified atom stereocenters. The summed E-state index contributed by atoms with van der Waals surface area (Å²) in [6.45, 7) is 15.2. The number of nitrogens with zero attached hydrogens (tertiary/aromatic N) is 1. The molecule has 1 aliphatic rings. The summed E-state index contributed by atoms with van der Waals surface area (Å²) in [7, 11) is 0. The molecule has 1 N–H and O–H groups in total. The van der Waals surface area contributed by atoms with E-state index < -0.39 is 5.54 Å². The molecule has 0 saturated heterocycles. The zero-order chi connectivity index (χ0) is 15.9. The summed E-state index contributed by atoms with van der Waals surface area (Å²) in [6, 6.07) is 0. The summed E-state index contributed by atoms with van der Waals surface area (Å²) in [5.41, 5.74) is -0.463. The van der Waals surface area contributed by atoms with E-state index in [1.54, 1.807) is 0 Å². The van der Waals surface area contributed by atoms with Crippen LogP contribution in [-0.4, -0.2) is 49.2 Å². The molecule has 0 radical (unpaired) electrons. The first-order valence-corrected chi connectivity index (χ1v) is 8.63. The van der Waals surface area contributed by atoms with Crippen molar-refractivity contribution in [2.45, 2.75) is 59.4 Å². The number of likely N-dealkylation sites (N-methyl/N-ethyl adjacent to an activating group) is 1. The Kier molecular flexibility index (Phi) is 7.67. The second-order valence-corrected chi connectivity index (χ2v) is 6.45. The van der Waals surface area contributed by atoms with Gasteiger partial charge in [0.25, 0.3) is 0 Å². The average molecular weight is 298 g/mol. The lowest BCUT2D eigenvalue weighted by Crippen LogP contribution is -2.57. The Bertz CT molecular complexity index is 318. The fourth-order valence-electron chi connectivity index (χ4n) is 3.29. The van der Waals surface area contributed by atoms with Gasteiger partial charge >= 0.3 is 5.97 Å². The lowest BCUT2D eigenvalue weighted by Gasteiger charge is -2.41. The molecule has 1 aliphatic carbocycles. The van der Waals surface area contributed by atoms with Gasteiger partial charge in [-0.2, -0.15) is 0 Å². The van der Waals surface area contributed by atoms with Crippen LogP contribution in [0.5, 0.6) is 0 Å². The van der Waals surface area contributed by atoms with Gasteiger partial charge in [-0.1, -0.05) is 27.7 Å². The molecule has 3 atom stereocenters. The van der Waals surface area contributed by atoms with Gasteiger partial charge in [0.2, 0.25) is 0 Å². The van der Waals surface area contributed by atoms with Crippen molar-refractivity contribution in [3.63, 3.8) is 0 Å². The molecule has 0 heterocycles. The molecule has 1 saturated carbocycles. The molecule has 0 bridgehead atoms. The molecular weight excluding hydrogens is 264 g/mol. The number of hydrogen-bond acceptors (Lipinski definition) is 4. The van der Waals surface area contributed by atoms with Crippen LogP contribution in [0.1, 0.15) is 53.9 Å². The molecule has 124 valence electrons. The van der Waals surface area contributed by atoms with Crippen LogP contribution in [0.25, 0.3) is 0 Å². The predicted octanol–water partition coefficient (Wildman–Crippen LogP) is 2.68. The summed E-state index contributed by atoms with van der Waals surface area (Å²) < 4.78 is 5.36. The van der Waals surface area contributed by atoms with E-state index in [1.165, 1.54) is 0 Å². The maximum absolute atomic E-state index is 12.5. The van der Waals surface area contributed by atoms with Crippen LogP contribution in [-0.2, 0) is 9.53 Å². The summed E-state index contributed by atoms with van der Waals surface area (Å²) in [5, 5.41) is 3.55. The lowest BCUT2D eigenvalue weighted by molar-refractivity contribution is -0.154. The molecule has 4 heteroatoms. The highest BCUT2D eigenvalue weighted by Crippen LogP contribution is 2.37. The molecule has 1 rings (SSSR count). The van der Waals surface area contributed by atoms with E-state index in [-0.39, 0.29) is 5.97 Å². The van der Waals surface area contributed by atoms with Gasteiger partial charge in [-0.25, -0.2) is 0 Å². The summed E-state index contributed by atoms with van der Waals surface area (Å²) >= 11 is 0. The normalized spacial score (nSPS) is 29.6. The fraction of sp³-hybridized carbons (Fsp3) is 0.941. The van der Waals surface area contributed by atoms with E-state index in [2.05, 4.69) is 37.9 Å². The molecule has 0 spiro atoms. The molecule has 0 aliphatic heterocycles. The van der Waals surface area contributed by atoms with Crippen molar-refractivity contribution in [2.75, 3.05) is 32.8 Å². The number of ether oxygens (including phenoxy) is 1. The highest BCUT2D eigenvalue weighted by Gasteiger charge is 2.44. The maximum Gasteiger partial charge on any atom is 0.326 e. The van der Waals surface area contributed by atoms with Crippen LogP contribution in [0.2, 0.25) is 0 Å². The Morgan fingerprint density at radius 2 is 1.90 bits per heavy atom. The van der Waals surface area contributed by atoms with E-state index in [4.69, 9.17) is 4.74 Å². The van der Waals surface area contributed by atoms with Crippen molar-refractivity contribution < 1.29 is 9.53 Å². The quantitative estimate of drug-likeness (QED) is 0.700. The Morgan fingerprint density at radius 1 is 1.24 bits per heavy atom. The second-order valence-electron chi connectivity index (χ2n) is 6.45. The fourth-order valence-corrected chi connectivity index (χ4v) is 3.29. The summed E-state index contributed by atoms with van der Waals surface area (Å²) in [6.07, 6.45) is 2.89. The Hall–Kier alpha value is -0.610. The van der Waals surface area contributed by atoms with Crippen molar-refractivity contribution in [1.29, 1.82) is 0 Å². The number of rotatable bonds is 8. The van der Waals surface area contributed by atoms with Crippen LogP contribution in [0.4, 0.5) is 0 Å². The van der Waals surface area contributed by atoms with Crippen molar-refractivity contribution in [1.82, 2.24) is 10.2 Å². The van der Waals surface area contributed by atoms with Gasteiger partial charge in [0.15, 0.2) is 0 Å². The number of esters is 1. The zero-order valence-electron chi connectivity index (χ0n) is 14.6. The summed E-state index contributed by atoms with van der Waals surface area (Å²) in [4.78, 5) is 14.9. The Labute approximate surface area is 130 Å². The molecule has 0 aromatic heterocycles. The minimum absolute atomic E-state index is 0.0525. The van der Waals surface area contributed by atoms with E-state index in [1.807, 2.05) is 6.92 Å². The number of carbonyl (C=O) groups excluding carboxylic acids is 1. The highest BCUT2D eigenvalue weighted by atomic mass is 16.5. The molecule has 0 aromatic rings. The maximum atomic E-state index is 12.5. The van der Waals surface area contributed by atoms with Crippen molar-refractivity contribution in [3.8, 4) is 0 Å². The van der Waals surface area contributed by atoms with Gasteiger partial charge in [0.1, 0.15) is 5.54 Å². The number of hydrogen-bond donors (Lipinski definition) is 1. The van der Waals surface area contributed by atoms with Gasteiger partial charge in [-0.3, -0.25) is 4.79 Å². The van der Waals surface area contributed by atoms with E-state index in [9.17, 15) is 4.79 Å². The molecule has 0 amide bonds. The van der Waals surface area contributed by atoms with E-state index in [0.717, 1.165) is 45.4 Å². The first kappa shape index (κ1) is 18.4. The topological polar surface area (TPSA) is 41.6 Å². The van der Waals surface area contributed by atoms with Gasteiger partial charge in [0.05, 0.1) is 6.61 Å². The summed E-state index contributed by atoms with van der Waals surface area (Å²) in [5.74, 6) is 1.20. The predicted molar refractivity (Wildman–Crippen MR) is 87.3 cm³/mol. The largest absolute Gasteiger partial charge is 0.465 e. The highest BCUT2D eigenvalue weighted by molar-refractivity contribution is 5.81. The van der Waals surface area contributed by atoms with Crippen molar-refractivity contribution >= 4 is 5.97 Å². The van der Waals surface area contributed by atoms with Crippen LogP contribution >= 0.6 is 0 Å². The van der Waals surface area contributed by atoms with Crippen LogP contribution in [0.15, 0.2) is 0 Å². The first-order chi connectivity index (χ1) is 9.99. The third-order valence-electron chi connectivity index (χ3n) is 5.12. The lowest BCUT2D eigenvalue weighted by atomic mass is 9.71. The Morgan fingerprint density at radius 3 is 2.43 bits per heavy atom.